The fraction of sp³-hybridized carbons (Fsp3) is 0.429. The van der Waals surface area contributed by atoms with Gasteiger partial charge in [-0.2, -0.15) is 5.10 Å². The number of hydrogen-bond acceptors (Lipinski definition) is 2. The van der Waals surface area contributed by atoms with Crippen LogP contribution < -0.4 is 0 Å². The fourth-order valence-corrected chi connectivity index (χ4v) is 2.08. The second-order valence-corrected chi connectivity index (χ2v) is 4.42. The maximum atomic E-state index is 12.2. The molecule has 0 unspecified atom stereocenters. The minimum Gasteiger partial charge on any atom is -0.348 e. The fourth-order valence-electron chi connectivity index (χ4n) is 2.08. The van der Waals surface area contributed by atoms with Crippen molar-refractivity contribution in [2.45, 2.75) is 33.2 Å². The Morgan fingerprint density at radius 1 is 1.33 bits per heavy atom. The average Bonchev–Trinajstić information content (AvgIpc) is 2.95. The minimum atomic E-state index is 0.1000. The Balaban J connectivity index is 2.21. The van der Waals surface area contributed by atoms with Gasteiger partial charge in [-0.05, 0) is 31.0 Å². The highest BCUT2D eigenvalue weighted by Crippen LogP contribution is 2.09. The van der Waals surface area contributed by atoms with Gasteiger partial charge in [-0.3, -0.25) is 9.48 Å². The Morgan fingerprint density at radius 3 is 2.67 bits per heavy atom. The topological polar surface area (TPSA) is 39.8 Å². The number of nitrogens with zero attached hydrogens (tertiary/aromatic N) is 3. The number of hydrogen-bond donors (Lipinski definition) is 0. The van der Waals surface area contributed by atoms with Gasteiger partial charge in [0.2, 0.25) is 5.78 Å². The second-order valence-electron chi connectivity index (χ2n) is 4.42. The smallest absolute Gasteiger partial charge is 0.200 e. The van der Waals surface area contributed by atoms with Crippen LogP contribution >= 0.6 is 0 Å². The maximum Gasteiger partial charge on any atom is 0.200 e. The van der Waals surface area contributed by atoms with E-state index in [2.05, 4.69) is 25.0 Å². The summed E-state index contributed by atoms with van der Waals surface area (Å²) in [4.78, 5) is 12.2. The third-order valence-corrected chi connectivity index (χ3v) is 3.16. The van der Waals surface area contributed by atoms with E-state index in [0.29, 0.717) is 6.54 Å². The first kappa shape index (κ1) is 12.6. The van der Waals surface area contributed by atoms with Crippen LogP contribution in [0.3, 0.4) is 0 Å². The van der Waals surface area contributed by atoms with Gasteiger partial charge in [0.05, 0.1) is 11.4 Å². The lowest BCUT2D eigenvalue weighted by molar-refractivity contribution is 0.0958. The molecule has 0 radical (unpaired) electrons. The molecule has 0 spiro atoms. The Labute approximate surface area is 107 Å². The first-order valence-electron chi connectivity index (χ1n) is 6.35. The van der Waals surface area contributed by atoms with Crippen LogP contribution in [0.2, 0.25) is 0 Å². The van der Waals surface area contributed by atoms with Gasteiger partial charge in [0.15, 0.2) is 0 Å². The molecule has 2 rings (SSSR count). The molecule has 0 aliphatic carbocycles. The summed E-state index contributed by atoms with van der Waals surface area (Å²) in [5, 5.41) is 4.47. The number of Topliss-reactive ketones (excluding diaryl/α,β-unsaturated/α-hetero) is 1. The van der Waals surface area contributed by atoms with Crippen LogP contribution in [-0.2, 0) is 26.4 Å². The van der Waals surface area contributed by atoms with Crippen molar-refractivity contribution >= 4 is 5.78 Å². The van der Waals surface area contributed by atoms with Crippen LogP contribution in [0.4, 0.5) is 0 Å². The van der Waals surface area contributed by atoms with E-state index in [1.165, 1.54) is 0 Å². The first-order chi connectivity index (χ1) is 8.65. The average molecular weight is 245 g/mol. The van der Waals surface area contributed by atoms with Gasteiger partial charge in [-0.15, -0.1) is 0 Å². The van der Waals surface area contributed by atoms with Crippen molar-refractivity contribution in [1.82, 2.24) is 14.3 Å². The molecule has 2 heterocycles. The predicted octanol–water partition coefficient (Wildman–Crippen LogP) is 2.23. The molecule has 0 amide bonds. The highest BCUT2D eigenvalue weighted by atomic mass is 16.1. The molecule has 0 fully saturated rings. The second kappa shape index (κ2) is 5.21. The van der Waals surface area contributed by atoms with Crippen LogP contribution in [0.25, 0.3) is 0 Å². The molecule has 0 aromatic carbocycles. The lowest BCUT2D eigenvalue weighted by Gasteiger charge is -2.06. The molecular formula is C14H19N3O. The van der Waals surface area contributed by atoms with Gasteiger partial charge in [-0.25, -0.2) is 0 Å². The molecule has 18 heavy (non-hydrogen) atoms. The third-order valence-electron chi connectivity index (χ3n) is 3.16. The maximum absolute atomic E-state index is 12.2. The summed E-state index contributed by atoms with van der Waals surface area (Å²) in [6, 6.07) is 5.81. The quantitative estimate of drug-likeness (QED) is 0.758. The molecule has 0 bridgehead atoms. The van der Waals surface area contributed by atoms with E-state index >= 15 is 0 Å². The van der Waals surface area contributed by atoms with E-state index in [-0.39, 0.29) is 5.78 Å². The SMILES string of the molecule is CCc1cc(CC)n(CC(=O)c2cccn2C)n1. The molecule has 2 aromatic rings. The van der Waals surface area contributed by atoms with Gasteiger partial charge in [-0.1, -0.05) is 13.8 Å². The molecule has 0 aliphatic heterocycles. The molecule has 0 saturated heterocycles. The summed E-state index contributed by atoms with van der Waals surface area (Å²) in [7, 11) is 1.88. The molecule has 4 heteroatoms. The Bertz CT molecular complexity index is 551. The van der Waals surface area contributed by atoms with Crippen LogP contribution in [0, 0.1) is 0 Å². The Kier molecular flexibility index (Phi) is 3.65. The summed E-state index contributed by atoms with van der Waals surface area (Å²) in [5.41, 5.74) is 2.89. The van der Waals surface area contributed by atoms with Gasteiger partial charge >= 0.3 is 0 Å². The molecule has 0 N–H and O–H groups in total. The van der Waals surface area contributed by atoms with E-state index in [9.17, 15) is 4.79 Å². The predicted molar refractivity (Wildman–Crippen MR) is 70.7 cm³/mol. The Hall–Kier alpha value is -1.84. The van der Waals surface area contributed by atoms with Crippen LogP contribution in [0.1, 0.15) is 35.7 Å². The summed E-state index contributed by atoms with van der Waals surface area (Å²) in [6.45, 7) is 4.48. The van der Waals surface area contributed by atoms with E-state index in [1.807, 2.05) is 34.6 Å². The van der Waals surface area contributed by atoms with Gasteiger partial charge in [0.1, 0.15) is 6.54 Å². The number of carbonyl (C=O) groups excluding carboxylic acids is 1. The van der Waals surface area contributed by atoms with Crippen LogP contribution in [0.5, 0.6) is 0 Å². The summed E-state index contributed by atoms with van der Waals surface area (Å²) < 4.78 is 3.67. The zero-order valence-corrected chi connectivity index (χ0v) is 11.2. The molecule has 0 atom stereocenters. The highest BCUT2D eigenvalue weighted by Gasteiger charge is 2.13. The van der Waals surface area contributed by atoms with Crippen molar-refractivity contribution in [1.29, 1.82) is 0 Å². The van der Waals surface area contributed by atoms with E-state index < -0.39 is 0 Å². The van der Waals surface area contributed by atoms with E-state index in [1.54, 1.807) is 0 Å². The molecular weight excluding hydrogens is 226 g/mol. The van der Waals surface area contributed by atoms with Crippen LogP contribution in [0.15, 0.2) is 24.4 Å². The number of carbonyl (C=O) groups is 1. The van der Waals surface area contributed by atoms with Gasteiger partial charge < -0.3 is 4.57 Å². The first-order valence-corrected chi connectivity index (χ1v) is 6.35. The van der Waals surface area contributed by atoms with E-state index in [4.69, 9.17) is 0 Å². The van der Waals surface area contributed by atoms with Gasteiger partial charge in [0, 0.05) is 18.9 Å². The molecule has 2 aromatic heterocycles. The number of rotatable bonds is 5. The monoisotopic (exact) mass is 245 g/mol. The summed E-state index contributed by atoms with van der Waals surface area (Å²) >= 11 is 0. The lowest BCUT2D eigenvalue weighted by atomic mass is 10.2. The number of aromatic nitrogens is 3. The number of aryl methyl sites for hydroxylation is 3. The van der Waals surface area contributed by atoms with Crippen molar-refractivity contribution in [3.05, 3.63) is 41.5 Å². The minimum absolute atomic E-state index is 0.1000. The van der Waals surface area contributed by atoms with E-state index in [0.717, 1.165) is 29.9 Å². The third kappa shape index (κ3) is 2.37. The summed E-state index contributed by atoms with van der Waals surface area (Å²) in [5.74, 6) is 0.1000. The summed E-state index contributed by atoms with van der Waals surface area (Å²) in [6.07, 6.45) is 3.68. The molecule has 96 valence electrons. The standard InChI is InChI=1S/C14H19N3O/c1-4-11-9-12(5-2)17(15-11)10-14(18)13-7-6-8-16(13)3/h6-9H,4-5,10H2,1-3H3. The van der Waals surface area contributed by atoms with Crippen molar-refractivity contribution < 1.29 is 4.79 Å². The molecule has 4 nitrogen and oxygen atoms in total. The van der Waals surface area contributed by atoms with Crippen molar-refractivity contribution in [3.63, 3.8) is 0 Å². The largest absolute Gasteiger partial charge is 0.348 e. The van der Waals surface area contributed by atoms with Crippen molar-refractivity contribution in [2.24, 2.45) is 7.05 Å². The van der Waals surface area contributed by atoms with Gasteiger partial charge in [0.25, 0.3) is 0 Å². The normalized spacial score (nSPS) is 10.8. The highest BCUT2D eigenvalue weighted by molar-refractivity contribution is 5.94. The molecule has 0 aliphatic rings. The Morgan fingerprint density at radius 2 is 2.11 bits per heavy atom. The van der Waals surface area contributed by atoms with Crippen molar-refractivity contribution in [3.8, 4) is 0 Å². The number of ketones is 1. The van der Waals surface area contributed by atoms with Crippen LogP contribution in [-0.4, -0.2) is 20.1 Å². The zero-order chi connectivity index (χ0) is 13.1. The van der Waals surface area contributed by atoms with Crippen molar-refractivity contribution in [2.75, 3.05) is 0 Å². The lowest BCUT2D eigenvalue weighted by Crippen LogP contribution is -2.16. The zero-order valence-electron chi connectivity index (χ0n) is 11.2. The molecule has 0 saturated carbocycles.